The molecule has 2 unspecified atom stereocenters. The highest BCUT2D eigenvalue weighted by Crippen LogP contribution is 2.33. The first-order valence-corrected chi connectivity index (χ1v) is 8.69. The fourth-order valence-corrected chi connectivity index (χ4v) is 2.84. The van der Waals surface area contributed by atoms with Gasteiger partial charge in [-0.05, 0) is 56.2 Å². The van der Waals surface area contributed by atoms with E-state index in [-0.39, 0.29) is 11.9 Å². The van der Waals surface area contributed by atoms with Gasteiger partial charge in [0.2, 0.25) is 0 Å². The molecule has 2 rings (SSSR count). The molecule has 2 aromatic rings. The van der Waals surface area contributed by atoms with E-state index in [4.69, 9.17) is 25.8 Å². The summed E-state index contributed by atoms with van der Waals surface area (Å²) in [4.78, 5) is 12.5. The van der Waals surface area contributed by atoms with E-state index in [9.17, 15) is 4.79 Å². The van der Waals surface area contributed by atoms with Crippen molar-refractivity contribution in [3.8, 4) is 17.2 Å². The van der Waals surface area contributed by atoms with Crippen LogP contribution in [0.2, 0.25) is 5.02 Å². The molecule has 0 aliphatic carbocycles. The third-order valence-corrected chi connectivity index (χ3v) is 4.42. The van der Waals surface area contributed by atoms with Crippen LogP contribution in [0.15, 0.2) is 36.4 Å². The SMILES string of the molecule is COc1cc(C)c(C(C)NC(=O)C(C)Oc2ccccc2Cl)cc1OC. The standard InChI is InChI=1S/C20H24ClNO4/c1-12-10-18(24-4)19(25-5)11-15(12)13(2)22-20(23)14(3)26-17-9-7-6-8-16(17)21/h6-11,13-14H,1-5H3,(H,22,23). The van der Waals surface area contributed by atoms with E-state index in [0.717, 1.165) is 11.1 Å². The Hall–Kier alpha value is -2.40. The second-order valence-corrected chi connectivity index (χ2v) is 6.39. The Morgan fingerprint density at radius 3 is 2.27 bits per heavy atom. The molecule has 26 heavy (non-hydrogen) atoms. The van der Waals surface area contributed by atoms with E-state index in [0.29, 0.717) is 22.3 Å². The molecule has 0 bridgehead atoms. The molecule has 0 aliphatic heterocycles. The Morgan fingerprint density at radius 2 is 1.65 bits per heavy atom. The molecule has 2 aromatic carbocycles. The molecule has 0 spiro atoms. The Kier molecular flexibility index (Phi) is 6.75. The number of hydrogen-bond acceptors (Lipinski definition) is 4. The van der Waals surface area contributed by atoms with Gasteiger partial charge in [0.05, 0.1) is 25.3 Å². The molecule has 0 aliphatic rings. The summed E-state index contributed by atoms with van der Waals surface area (Å²) in [6, 6.07) is 10.6. The van der Waals surface area contributed by atoms with Crippen LogP contribution in [-0.4, -0.2) is 26.2 Å². The third kappa shape index (κ3) is 4.61. The van der Waals surface area contributed by atoms with Crippen molar-refractivity contribution in [2.75, 3.05) is 14.2 Å². The van der Waals surface area contributed by atoms with Crippen LogP contribution in [0.1, 0.15) is 31.0 Å². The van der Waals surface area contributed by atoms with E-state index in [1.54, 1.807) is 39.3 Å². The highest BCUT2D eigenvalue weighted by atomic mass is 35.5. The van der Waals surface area contributed by atoms with Gasteiger partial charge in [0.25, 0.3) is 5.91 Å². The zero-order valence-corrected chi connectivity index (χ0v) is 16.4. The second-order valence-electron chi connectivity index (χ2n) is 5.98. The molecule has 6 heteroatoms. The van der Waals surface area contributed by atoms with Crippen LogP contribution in [0.4, 0.5) is 0 Å². The zero-order chi connectivity index (χ0) is 19.3. The van der Waals surface area contributed by atoms with E-state index < -0.39 is 6.10 Å². The van der Waals surface area contributed by atoms with E-state index in [1.807, 2.05) is 32.0 Å². The van der Waals surface area contributed by atoms with Crippen LogP contribution >= 0.6 is 11.6 Å². The van der Waals surface area contributed by atoms with Gasteiger partial charge in [0, 0.05) is 0 Å². The molecule has 0 saturated carbocycles. The average Bonchev–Trinajstić information content (AvgIpc) is 2.62. The van der Waals surface area contributed by atoms with Crippen molar-refractivity contribution in [2.24, 2.45) is 0 Å². The Balaban J connectivity index is 2.10. The second kappa shape index (κ2) is 8.81. The molecule has 2 atom stereocenters. The summed E-state index contributed by atoms with van der Waals surface area (Å²) >= 11 is 6.07. The number of carbonyl (C=O) groups excluding carboxylic acids is 1. The number of halogens is 1. The number of ether oxygens (including phenoxy) is 3. The summed E-state index contributed by atoms with van der Waals surface area (Å²) in [5.74, 6) is 1.52. The Morgan fingerprint density at radius 1 is 1.04 bits per heavy atom. The molecule has 0 heterocycles. The predicted octanol–water partition coefficient (Wildman–Crippen LogP) is 4.31. The van der Waals surface area contributed by atoms with E-state index in [2.05, 4.69) is 5.32 Å². The van der Waals surface area contributed by atoms with Gasteiger partial charge in [-0.1, -0.05) is 23.7 Å². The van der Waals surface area contributed by atoms with Crippen LogP contribution in [0.3, 0.4) is 0 Å². The number of amides is 1. The number of rotatable bonds is 7. The zero-order valence-electron chi connectivity index (χ0n) is 15.6. The maximum absolute atomic E-state index is 12.5. The largest absolute Gasteiger partial charge is 0.493 e. The number of hydrogen-bond donors (Lipinski definition) is 1. The van der Waals surface area contributed by atoms with E-state index in [1.165, 1.54) is 0 Å². The van der Waals surface area contributed by atoms with Crippen molar-refractivity contribution in [3.63, 3.8) is 0 Å². The first-order valence-electron chi connectivity index (χ1n) is 8.31. The van der Waals surface area contributed by atoms with Gasteiger partial charge in [-0.3, -0.25) is 4.79 Å². The number of nitrogens with one attached hydrogen (secondary N) is 1. The smallest absolute Gasteiger partial charge is 0.261 e. The summed E-state index contributed by atoms with van der Waals surface area (Å²) in [5, 5.41) is 3.43. The summed E-state index contributed by atoms with van der Waals surface area (Å²) in [7, 11) is 3.18. The quantitative estimate of drug-likeness (QED) is 0.781. The van der Waals surface area contributed by atoms with Crippen molar-refractivity contribution in [1.82, 2.24) is 5.32 Å². The van der Waals surface area contributed by atoms with Gasteiger partial charge < -0.3 is 19.5 Å². The Bertz CT molecular complexity index is 778. The molecule has 1 amide bonds. The monoisotopic (exact) mass is 377 g/mol. The van der Waals surface area contributed by atoms with Gasteiger partial charge in [-0.2, -0.15) is 0 Å². The summed E-state index contributed by atoms with van der Waals surface area (Å²) in [6.07, 6.45) is -0.683. The van der Waals surface area contributed by atoms with Gasteiger partial charge in [-0.25, -0.2) is 0 Å². The number of para-hydroxylation sites is 1. The average molecular weight is 378 g/mol. The van der Waals surface area contributed by atoms with Crippen molar-refractivity contribution < 1.29 is 19.0 Å². The van der Waals surface area contributed by atoms with Crippen molar-refractivity contribution >= 4 is 17.5 Å². The lowest BCUT2D eigenvalue weighted by Gasteiger charge is -2.21. The molecular weight excluding hydrogens is 354 g/mol. The molecule has 1 N–H and O–H groups in total. The lowest BCUT2D eigenvalue weighted by molar-refractivity contribution is -0.127. The van der Waals surface area contributed by atoms with Gasteiger partial charge >= 0.3 is 0 Å². The van der Waals surface area contributed by atoms with Gasteiger partial charge in [-0.15, -0.1) is 0 Å². The highest BCUT2D eigenvalue weighted by Gasteiger charge is 2.20. The lowest BCUT2D eigenvalue weighted by atomic mass is 10.0. The normalized spacial score (nSPS) is 12.8. The van der Waals surface area contributed by atoms with Crippen LogP contribution in [0, 0.1) is 6.92 Å². The van der Waals surface area contributed by atoms with Crippen molar-refractivity contribution in [1.29, 1.82) is 0 Å². The third-order valence-electron chi connectivity index (χ3n) is 4.11. The number of benzene rings is 2. The fourth-order valence-electron chi connectivity index (χ4n) is 2.66. The van der Waals surface area contributed by atoms with Gasteiger partial charge in [0.15, 0.2) is 17.6 Å². The maximum atomic E-state index is 12.5. The first kappa shape index (κ1) is 19.9. The van der Waals surface area contributed by atoms with Crippen LogP contribution in [-0.2, 0) is 4.79 Å². The van der Waals surface area contributed by atoms with E-state index >= 15 is 0 Å². The molecule has 0 saturated heterocycles. The van der Waals surface area contributed by atoms with Crippen LogP contribution in [0.5, 0.6) is 17.2 Å². The maximum Gasteiger partial charge on any atom is 0.261 e. The molecule has 0 aromatic heterocycles. The first-order chi connectivity index (χ1) is 12.4. The number of methoxy groups -OCH3 is 2. The summed E-state index contributed by atoms with van der Waals surface area (Å²) in [6.45, 7) is 5.56. The van der Waals surface area contributed by atoms with Gasteiger partial charge in [0.1, 0.15) is 5.75 Å². The van der Waals surface area contributed by atoms with Crippen molar-refractivity contribution in [2.45, 2.75) is 32.9 Å². The Labute approximate surface area is 159 Å². The molecule has 140 valence electrons. The molecule has 0 fully saturated rings. The molecule has 5 nitrogen and oxygen atoms in total. The number of aryl methyl sites for hydroxylation is 1. The predicted molar refractivity (Wildman–Crippen MR) is 102 cm³/mol. The fraction of sp³-hybridized carbons (Fsp3) is 0.350. The van der Waals surface area contributed by atoms with Crippen LogP contribution < -0.4 is 19.5 Å². The van der Waals surface area contributed by atoms with Crippen molar-refractivity contribution in [3.05, 3.63) is 52.5 Å². The topological polar surface area (TPSA) is 56.8 Å². The summed E-state index contributed by atoms with van der Waals surface area (Å²) < 4.78 is 16.3. The summed E-state index contributed by atoms with van der Waals surface area (Å²) in [5.41, 5.74) is 1.94. The lowest BCUT2D eigenvalue weighted by Crippen LogP contribution is -2.38. The minimum Gasteiger partial charge on any atom is -0.493 e. The molecular formula is C20H24ClNO4. The highest BCUT2D eigenvalue weighted by molar-refractivity contribution is 6.32. The minimum atomic E-state index is -0.683. The van der Waals surface area contributed by atoms with Crippen LogP contribution in [0.25, 0.3) is 0 Å². The number of carbonyl (C=O) groups is 1. The minimum absolute atomic E-state index is 0.223. The molecule has 0 radical (unpaired) electrons.